The van der Waals surface area contributed by atoms with E-state index in [0.717, 1.165) is 28.6 Å². The van der Waals surface area contributed by atoms with E-state index in [1.165, 1.54) is 0 Å². The van der Waals surface area contributed by atoms with Crippen LogP contribution in [0.4, 0.5) is 10.5 Å². The highest BCUT2D eigenvalue weighted by molar-refractivity contribution is 9.10. The molecule has 29 heavy (non-hydrogen) atoms. The van der Waals surface area contributed by atoms with Crippen molar-refractivity contribution in [2.75, 3.05) is 24.5 Å². The Hall–Kier alpha value is -1.27. The number of amides is 2. The van der Waals surface area contributed by atoms with Crippen LogP contribution >= 0.6 is 27.5 Å². The SMILES string of the molecule is CC(C)CC1Cc2cc(Br)c(Cl)cc2N(CC2CN(C(=O)OC(C)(C)C)C2)C1=O. The molecule has 0 radical (unpaired) electrons. The van der Waals surface area contributed by atoms with Gasteiger partial charge in [0.2, 0.25) is 5.91 Å². The molecule has 1 fully saturated rings. The molecule has 7 heteroatoms. The van der Waals surface area contributed by atoms with E-state index in [4.69, 9.17) is 16.3 Å². The third kappa shape index (κ3) is 5.26. The highest BCUT2D eigenvalue weighted by Crippen LogP contribution is 2.39. The zero-order valence-electron chi connectivity index (χ0n) is 17.8. The summed E-state index contributed by atoms with van der Waals surface area (Å²) in [5.41, 5.74) is 1.55. The fourth-order valence-corrected chi connectivity index (χ4v) is 4.59. The maximum absolute atomic E-state index is 13.3. The molecule has 5 nitrogen and oxygen atoms in total. The van der Waals surface area contributed by atoms with Crippen LogP contribution in [-0.4, -0.2) is 42.1 Å². The van der Waals surface area contributed by atoms with Gasteiger partial charge in [0.25, 0.3) is 0 Å². The summed E-state index contributed by atoms with van der Waals surface area (Å²) in [7, 11) is 0. The summed E-state index contributed by atoms with van der Waals surface area (Å²) in [5.74, 6) is 0.840. The predicted molar refractivity (Wildman–Crippen MR) is 119 cm³/mol. The second kappa shape index (κ2) is 8.46. The van der Waals surface area contributed by atoms with Gasteiger partial charge in [-0.15, -0.1) is 0 Å². The Morgan fingerprint density at radius 1 is 1.31 bits per heavy atom. The van der Waals surface area contributed by atoms with E-state index < -0.39 is 5.60 Å². The quantitative estimate of drug-likeness (QED) is 0.564. The minimum Gasteiger partial charge on any atom is -0.444 e. The molecule has 2 aliphatic heterocycles. The van der Waals surface area contributed by atoms with E-state index in [9.17, 15) is 9.59 Å². The first-order valence-electron chi connectivity index (χ1n) is 10.2. The zero-order chi connectivity index (χ0) is 21.5. The van der Waals surface area contributed by atoms with E-state index in [1.54, 1.807) is 4.90 Å². The Labute approximate surface area is 186 Å². The molecule has 0 N–H and O–H groups in total. The van der Waals surface area contributed by atoms with Crippen LogP contribution in [0.2, 0.25) is 5.02 Å². The first-order valence-corrected chi connectivity index (χ1v) is 11.4. The van der Waals surface area contributed by atoms with Crippen molar-refractivity contribution in [1.82, 2.24) is 4.90 Å². The minimum absolute atomic E-state index is 0.0161. The fraction of sp³-hybridized carbons (Fsp3) is 0.636. The normalized spacial score (nSPS) is 20.0. The molecular formula is C22H30BrClN2O3. The van der Waals surface area contributed by atoms with Crippen molar-refractivity contribution in [2.45, 2.75) is 53.1 Å². The average molecular weight is 486 g/mol. The molecule has 1 atom stereocenters. The number of anilines is 1. The lowest BCUT2D eigenvalue weighted by Crippen LogP contribution is -2.56. The van der Waals surface area contributed by atoms with Crippen molar-refractivity contribution < 1.29 is 14.3 Å². The maximum Gasteiger partial charge on any atom is 0.410 e. The first kappa shape index (κ1) is 22.4. The molecule has 1 saturated heterocycles. The fourth-order valence-electron chi connectivity index (χ4n) is 4.04. The number of rotatable bonds is 4. The maximum atomic E-state index is 13.3. The summed E-state index contributed by atoms with van der Waals surface area (Å²) in [6.45, 7) is 11.7. The lowest BCUT2D eigenvalue weighted by atomic mass is 9.85. The topological polar surface area (TPSA) is 49.9 Å². The highest BCUT2D eigenvalue weighted by atomic mass is 79.9. The molecule has 3 rings (SSSR count). The summed E-state index contributed by atoms with van der Waals surface area (Å²) >= 11 is 9.85. The van der Waals surface area contributed by atoms with Gasteiger partial charge in [-0.1, -0.05) is 25.4 Å². The molecular weight excluding hydrogens is 456 g/mol. The molecule has 0 saturated carbocycles. The number of carbonyl (C=O) groups excluding carboxylic acids is 2. The number of nitrogens with zero attached hydrogens (tertiary/aromatic N) is 2. The van der Waals surface area contributed by atoms with E-state index in [1.807, 2.05) is 37.8 Å². The van der Waals surface area contributed by atoms with Crippen molar-refractivity contribution in [1.29, 1.82) is 0 Å². The summed E-state index contributed by atoms with van der Waals surface area (Å²) in [6.07, 6.45) is 1.32. The van der Waals surface area contributed by atoms with Crippen LogP contribution in [0.25, 0.3) is 0 Å². The van der Waals surface area contributed by atoms with Gasteiger partial charge in [-0.3, -0.25) is 4.79 Å². The monoisotopic (exact) mass is 484 g/mol. The number of benzene rings is 1. The zero-order valence-corrected chi connectivity index (χ0v) is 20.1. The van der Waals surface area contributed by atoms with Gasteiger partial charge in [-0.25, -0.2) is 4.79 Å². The van der Waals surface area contributed by atoms with E-state index in [-0.39, 0.29) is 23.8 Å². The van der Waals surface area contributed by atoms with Gasteiger partial charge in [-0.05, 0) is 73.2 Å². The number of carbonyl (C=O) groups is 2. The van der Waals surface area contributed by atoms with Crippen LogP contribution in [0.15, 0.2) is 16.6 Å². The van der Waals surface area contributed by atoms with Gasteiger partial charge in [0, 0.05) is 41.6 Å². The Bertz CT molecular complexity index is 800. The molecule has 0 aliphatic carbocycles. The third-order valence-corrected chi connectivity index (χ3v) is 6.50. The molecule has 1 unspecified atom stereocenters. The van der Waals surface area contributed by atoms with E-state index >= 15 is 0 Å². The number of hydrogen-bond donors (Lipinski definition) is 0. The van der Waals surface area contributed by atoms with E-state index in [2.05, 4.69) is 29.8 Å². The van der Waals surface area contributed by atoms with Gasteiger partial charge in [0.1, 0.15) is 5.60 Å². The molecule has 0 bridgehead atoms. The van der Waals surface area contributed by atoms with Crippen molar-refractivity contribution in [3.8, 4) is 0 Å². The van der Waals surface area contributed by atoms with Crippen LogP contribution < -0.4 is 4.90 Å². The summed E-state index contributed by atoms with van der Waals surface area (Å²) in [5, 5.41) is 0.604. The van der Waals surface area contributed by atoms with Crippen LogP contribution in [0.3, 0.4) is 0 Å². The van der Waals surface area contributed by atoms with Gasteiger partial charge in [-0.2, -0.15) is 0 Å². The van der Waals surface area contributed by atoms with Crippen LogP contribution in [0.1, 0.15) is 46.6 Å². The number of halogens is 2. The standard InChI is InChI=1S/C22H30BrClN2O3/c1-13(2)6-16-7-15-8-17(23)18(24)9-19(15)26(20(16)27)12-14-10-25(11-14)21(28)29-22(3,4)5/h8-9,13-14,16H,6-7,10-12H2,1-5H3. The Morgan fingerprint density at radius 2 is 1.97 bits per heavy atom. The Morgan fingerprint density at radius 3 is 2.55 bits per heavy atom. The summed E-state index contributed by atoms with van der Waals surface area (Å²) < 4.78 is 6.29. The summed E-state index contributed by atoms with van der Waals surface area (Å²) in [4.78, 5) is 29.1. The second-order valence-electron chi connectivity index (χ2n) is 9.63. The van der Waals surface area contributed by atoms with Gasteiger partial charge in [0.05, 0.1) is 5.02 Å². The largest absolute Gasteiger partial charge is 0.444 e. The minimum atomic E-state index is -0.502. The number of likely N-dealkylation sites (tertiary alicyclic amines) is 1. The third-order valence-electron chi connectivity index (χ3n) is 5.30. The van der Waals surface area contributed by atoms with Crippen molar-refractivity contribution >= 4 is 45.2 Å². The van der Waals surface area contributed by atoms with Crippen LogP contribution in [-0.2, 0) is 16.0 Å². The lowest BCUT2D eigenvalue weighted by molar-refractivity contribution is -0.123. The second-order valence-corrected chi connectivity index (χ2v) is 10.9. The summed E-state index contributed by atoms with van der Waals surface area (Å²) in [6, 6.07) is 3.92. The smallest absolute Gasteiger partial charge is 0.410 e. The first-order chi connectivity index (χ1) is 13.4. The van der Waals surface area contributed by atoms with Crippen molar-refractivity contribution in [2.24, 2.45) is 17.8 Å². The van der Waals surface area contributed by atoms with Crippen molar-refractivity contribution in [3.05, 3.63) is 27.2 Å². The predicted octanol–water partition coefficient (Wildman–Crippen LogP) is 5.52. The molecule has 2 heterocycles. The molecule has 0 aromatic heterocycles. The van der Waals surface area contributed by atoms with Gasteiger partial charge < -0.3 is 14.5 Å². The Balaban J connectivity index is 1.73. The highest BCUT2D eigenvalue weighted by Gasteiger charge is 2.39. The van der Waals surface area contributed by atoms with Gasteiger partial charge >= 0.3 is 6.09 Å². The van der Waals surface area contributed by atoms with Crippen LogP contribution in [0, 0.1) is 17.8 Å². The number of ether oxygens (including phenoxy) is 1. The Kier molecular flexibility index (Phi) is 6.54. The molecule has 1 aromatic rings. The number of fused-ring (bicyclic) bond motifs is 1. The van der Waals surface area contributed by atoms with Crippen LogP contribution in [0.5, 0.6) is 0 Å². The van der Waals surface area contributed by atoms with Gasteiger partial charge in [0.15, 0.2) is 0 Å². The molecule has 0 spiro atoms. The number of hydrogen-bond acceptors (Lipinski definition) is 3. The molecule has 2 amide bonds. The average Bonchev–Trinajstić information content (AvgIpc) is 2.53. The van der Waals surface area contributed by atoms with E-state index in [0.29, 0.717) is 30.6 Å². The molecule has 160 valence electrons. The lowest BCUT2D eigenvalue weighted by Gasteiger charge is -2.44. The van der Waals surface area contributed by atoms with Crippen molar-refractivity contribution in [3.63, 3.8) is 0 Å². The molecule has 1 aromatic carbocycles. The molecule has 2 aliphatic rings.